The summed E-state index contributed by atoms with van der Waals surface area (Å²) in [4.78, 5) is 14.6. The topological polar surface area (TPSA) is 38.8 Å². The molecule has 0 N–H and O–H groups in total. The Bertz CT molecular complexity index is 686. The van der Waals surface area contributed by atoms with E-state index >= 15 is 0 Å². The molecule has 0 radical (unpaired) electrons. The van der Waals surface area contributed by atoms with Gasteiger partial charge in [-0.15, -0.1) is 0 Å². The Morgan fingerprint density at radius 3 is 2.46 bits per heavy atom. The van der Waals surface area contributed by atoms with Gasteiger partial charge in [0.2, 0.25) is 0 Å². The molecule has 2 atom stereocenters. The van der Waals surface area contributed by atoms with Gasteiger partial charge in [-0.3, -0.25) is 9.69 Å². The highest BCUT2D eigenvalue weighted by Gasteiger charge is 2.40. The number of hydrogen-bond donors (Lipinski definition) is 0. The van der Waals surface area contributed by atoms with Gasteiger partial charge in [-0.1, -0.05) is 48.5 Å². The predicted molar refractivity (Wildman–Crippen MR) is 93.0 cm³/mol. The van der Waals surface area contributed by atoms with Crippen LogP contribution in [0.4, 0.5) is 0 Å². The third-order valence-corrected chi connectivity index (χ3v) is 4.69. The lowest BCUT2D eigenvalue weighted by Gasteiger charge is -2.19. The van der Waals surface area contributed by atoms with Crippen LogP contribution >= 0.6 is 0 Å². The minimum Gasteiger partial charge on any atom is -0.496 e. The Labute approximate surface area is 143 Å². The van der Waals surface area contributed by atoms with Crippen molar-refractivity contribution in [2.24, 2.45) is 5.92 Å². The zero-order chi connectivity index (χ0) is 16.9. The zero-order valence-corrected chi connectivity index (χ0v) is 14.1. The molecule has 1 fully saturated rings. The first-order chi connectivity index (χ1) is 11.7. The molecule has 1 saturated heterocycles. The van der Waals surface area contributed by atoms with E-state index in [0.717, 1.165) is 24.4 Å². The molecule has 0 spiro atoms. The van der Waals surface area contributed by atoms with Crippen LogP contribution < -0.4 is 4.74 Å². The standard InChI is InChI=1S/C20H23NO3/c1-23-19-11-7-6-10-16(19)17-13-21(14-18(17)20(22)24-2)12-15-8-4-3-5-9-15/h3-11,17-18H,12-14H2,1-2H3. The minimum atomic E-state index is -0.171. The van der Waals surface area contributed by atoms with Crippen molar-refractivity contribution in [3.63, 3.8) is 0 Å². The van der Waals surface area contributed by atoms with Gasteiger partial charge in [0.1, 0.15) is 5.75 Å². The molecule has 0 bridgehead atoms. The summed E-state index contributed by atoms with van der Waals surface area (Å²) in [6, 6.07) is 18.3. The summed E-state index contributed by atoms with van der Waals surface area (Å²) in [5, 5.41) is 0. The van der Waals surface area contributed by atoms with Crippen molar-refractivity contribution in [3.05, 3.63) is 65.7 Å². The van der Waals surface area contributed by atoms with Crippen LogP contribution in [0.3, 0.4) is 0 Å². The molecule has 126 valence electrons. The lowest BCUT2D eigenvalue weighted by atomic mass is 9.88. The highest BCUT2D eigenvalue weighted by molar-refractivity contribution is 5.74. The molecule has 2 aromatic rings. The van der Waals surface area contributed by atoms with Crippen molar-refractivity contribution in [1.29, 1.82) is 0 Å². The van der Waals surface area contributed by atoms with Crippen LogP contribution in [0, 0.1) is 5.92 Å². The van der Waals surface area contributed by atoms with Gasteiger partial charge in [0.05, 0.1) is 20.1 Å². The second-order valence-corrected chi connectivity index (χ2v) is 6.16. The molecular formula is C20H23NO3. The number of carbonyl (C=O) groups is 1. The van der Waals surface area contributed by atoms with Gasteiger partial charge in [-0.05, 0) is 17.2 Å². The van der Waals surface area contributed by atoms with Gasteiger partial charge in [0, 0.05) is 25.6 Å². The number of benzene rings is 2. The summed E-state index contributed by atoms with van der Waals surface area (Å²) in [5.74, 6) is 0.590. The van der Waals surface area contributed by atoms with Gasteiger partial charge in [-0.25, -0.2) is 0 Å². The van der Waals surface area contributed by atoms with E-state index in [1.807, 2.05) is 42.5 Å². The fourth-order valence-electron chi connectivity index (χ4n) is 3.53. The summed E-state index contributed by atoms with van der Waals surface area (Å²) in [5.41, 5.74) is 2.33. The van der Waals surface area contributed by atoms with Crippen molar-refractivity contribution < 1.29 is 14.3 Å². The molecule has 2 aromatic carbocycles. The molecule has 0 aliphatic carbocycles. The van der Waals surface area contributed by atoms with E-state index < -0.39 is 0 Å². The number of methoxy groups -OCH3 is 2. The van der Waals surface area contributed by atoms with Crippen molar-refractivity contribution in [2.75, 3.05) is 27.3 Å². The van der Waals surface area contributed by atoms with Gasteiger partial charge in [0.15, 0.2) is 0 Å². The van der Waals surface area contributed by atoms with E-state index in [0.29, 0.717) is 6.54 Å². The lowest BCUT2D eigenvalue weighted by molar-refractivity contribution is -0.145. The van der Waals surface area contributed by atoms with Crippen molar-refractivity contribution in [3.8, 4) is 5.75 Å². The summed E-state index contributed by atoms with van der Waals surface area (Å²) in [6.45, 7) is 2.35. The molecule has 3 rings (SSSR count). The molecule has 4 heteroatoms. The number of esters is 1. The van der Waals surface area contributed by atoms with Crippen LogP contribution in [-0.2, 0) is 16.1 Å². The quantitative estimate of drug-likeness (QED) is 0.792. The first-order valence-electron chi connectivity index (χ1n) is 8.20. The minimum absolute atomic E-state index is 0.0808. The van der Waals surface area contributed by atoms with Gasteiger partial charge in [0.25, 0.3) is 0 Å². The molecule has 4 nitrogen and oxygen atoms in total. The molecule has 0 saturated carbocycles. The average Bonchev–Trinajstić information content (AvgIpc) is 3.05. The Balaban J connectivity index is 1.84. The van der Waals surface area contributed by atoms with Gasteiger partial charge in [-0.2, -0.15) is 0 Å². The third kappa shape index (κ3) is 3.44. The second-order valence-electron chi connectivity index (χ2n) is 6.16. The monoisotopic (exact) mass is 325 g/mol. The van der Waals surface area contributed by atoms with E-state index in [4.69, 9.17) is 9.47 Å². The van der Waals surface area contributed by atoms with E-state index in [1.165, 1.54) is 12.7 Å². The fourth-order valence-corrected chi connectivity index (χ4v) is 3.53. The number of rotatable bonds is 5. The summed E-state index contributed by atoms with van der Waals surface area (Å²) in [7, 11) is 3.13. The Hall–Kier alpha value is -2.33. The Kier molecular flexibility index (Phi) is 5.16. The number of ether oxygens (including phenoxy) is 2. The number of para-hydroxylation sites is 1. The zero-order valence-electron chi connectivity index (χ0n) is 14.1. The molecule has 2 unspecified atom stereocenters. The number of likely N-dealkylation sites (tertiary alicyclic amines) is 1. The molecular weight excluding hydrogens is 302 g/mol. The highest BCUT2D eigenvalue weighted by atomic mass is 16.5. The lowest BCUT2D eigenvalue weighted by Crippen LogP contribution is -2.24. The summed E-state index contributed by atoms with van der Waals surface area (Å²) < 4.78 is 10.6. The van der Waals surface area contributed by atoms with Crippen LogP contribution in [0.15, 0.2) is 54.6 Å². The van der Waals surface area contributed by atoms with E-state index in [2.05, 4.69) is 17.0 Å². The van der Waals surface area contributed by atoms with Crippen LogP contribution in [0.5, 0.6) is 5.75 Å². The molecule has 0 amide bonds. The second kappa shape index (κ2) is 7.49. The van der Waals surface area contributed by atoms with E-state index in [1.54, 1.807) is 7.11 Å². The Morgan fingerprint density at radius 2 is 1.75 bits per heavy atom. The summed E-state index contributed by atoms with van der Waals surface area (Å²) in [6.07, 6.45) is 0. The van der Waals surface area contributed by atoms with Crippen molar-refractivity contribution in [2.45, 2.75) is 12.5 Å². The van der Waals surface area contributed by atoms with Crippen LogP contribution in [0.2, 0.25) is 0 Å². The van der Waals surface area contributed by atoms with Crippen molar-refractivity contribution >= 4 is 5.97 Å². The highest BCUT2D eigenvalue weighted by Crippen LogP contribution is 2.38. The van der Waals surface area contributed by atoms with Gasteiger partial charge < -0.3 is 9.47 Å². The number of nitrogens with zero attached hydrogens (tertiary/aromatic N) is 1. The largest absolute Gasteiger partial charge is 0.496 e. The fraction of sp³-hybridized carbons (Fsp3) is 0.350. The smallest absolute Gasteiger partial charge is 0.310 e. The van der Waals surface area contributed by atoms with Crippen LogP contribution in [0.1, 0.15) is 17.0 Å². The maximum absolute atomic E-state index is 12.3. The molecule has 1 aliphatic heterocycles. The summed E-state index contributed by atoms with van der Waals surface area (Å²) >= 11 is 0. The van der Waals surface area contributed by atoms with Gasteiger partial charge >= 0.3 is 5.97 Å². The normalized spacial score (nSPS) is 20.8. The van der Waals surface area contributed by atoms with Crippen molar-refractivity contribution in [1.82, 2.24) is 4.90 Å². The SMILES string of the molecule is COC(=O)C1CN(Cc2ccccc2)CC1c1ccccc1OC. The maximum atomic E-state index is 12.3. The molecule has 24 heavy (non-hydrogen) atoms. The Morgan fingerprint density at radius 1 is 1.04 bits per heavy atom. The maximum Gasteiger partial charge on any atom is 0.310 e. The predicted octanol–water partition coefficient (Wildman–Crippen LogP) is 3.08. The van der Waals surface area contributed by atoms with Crippen LogP contribution in [-0.4, -0.2) is 38.2 Å². The molecule has 1 aliphatic rings. The van der Waals surface area contributed by atoms with Crippen LogP contribution in [0.25, 0.3) is 0 Å². The number of hydrogen-bond acceptors (Lipinski definition) is 4. The molecule has 0 aromatic heterocycles. The number of carbonyl (C=O) groups excluding carboxylic acids is 1. The average molecular weight is 325 g/mol. The first kappa shape index (κ1) is 16.5. The van der Waals surface area contributed by atoms with E-state index in [-0.39, 0.29) is 17.8 Å². The first-order valence-corrected chi connectivity index (χ1v) is 8.20. The molecule has 1 heterocycles. The third-order valence-electron chi connectivity index (χ3n) is 4.69. The van der Waals surface area contributed by atoms with E-state index in [9.17, 15) is 4.79 Å².